The third-order valence-electron chi connectivity index (χ3n) is 1.92. The van der Waals surface area contributed by atoms with Crippen molar-refractivity contribution in [2.45, 2.75) is 24.7 Å². The normalized spacial score (nSPS) is 11.6. The zero-order valence-corrected chi connectivity index (χ0v) is 10.4. The maximum absolute atomic E-state index is 11.6. The number of carbonyl (C=O) groups is 1. The van der Waals surface area contributed by atoms with Crippen molar-refractivity contribution < 1.29 is 18.3 Å². The van der Waals surface area contributed by atoms with Gasteiger partial charge in [-0.25, -0.2) is 17.9 Å². The van der Waals surface area contributed by atoms with E-state index in [-0.39, 0.29) is 9.77 Å². The highest BCUT2D eigenvalue weighted by molar-refractivity contribution is 7.89. The Morgan fingerprint density at radius 3 is 2.75 bits per heavy atom. The van der Waals surface area contributed by atoms with Crippen LogP contribution in [-0.4, -0.2) is 26.0 Å². The number of thiophene rings is 1. The van der Waals surface area contributed by atoms with E-state index in [1.807, 2.05) is 6.92 Å². The van der Waals surface area contributed by atoms with Crippen LogP contribution in [0.2, 0.25) is 0 Å². The van der Waals surface area contributed by atoms with Crippen LogP contribution in [0.4, 0.5) is 0 Å². The van der Waals surface area contributed by atoms with Crippen molar-refractivity contribution >= 4 is 27.3 Å². The summed E-state index contributed by atoms with van der Waals surface area (Å²) in [6, 6.07) is 1.17. The van der Waals surface area contributed by atoms with Gasteiger partial charge in [-0.2, -0.15) is 0 Å². The molecule has 0 spiro atoms. The quantitative estimate of drug-likeness (QED) is 0.762. The minimum absolute atomic E-state index is 0.0194. The van der Waals surface area contributed by atoms with E-state index in [1.165, 1.54) is 11.4 Å². The molecule has 0 fully saturated rings. The number of rotatable bonds is 6. The second kappa shape index (κ2) is 5.42. The fourth-order valence-electron chi connectivity index (χ4n) is 1.04. The average molecular weight is 263 g/mol. The topological polar surface area (TPSA) is 83.5 Å². The molecule has 1 aromatic heterocycles. The molecule has 16 heavy (non-hydrogen) atoms. The van der Waals surface area contributed by atoms with E-state index in [2.05, 4.69) is 4.72 Å². The molecule has 90 valence electrons. The fraction of sp³-hybridized carbons (Fsp3) is 0.444. The second-order valence-corrected chi connectivity index (χ2v) is 5.88. The summed E-state index contributed by atoms with van der Waals surface area (Å²) in [4.78, 5) is 10.6. The van der Waals surface area contributed by atoms with Crippen molar-refractivity contribution in [1.29, 1.82) is 0 Å². The molecule has 0 bridgehead atoms. The average Bonchev–Trinajstić information content (AvgIpc) is 2.67. The molecule has 0 atom stereocenters. The summed E-state index contributed by atoms with van der Waals surface area (Å²) in [5.74, 6) is -1.11. The highest BCUT2D eigenvalue weighted by Crippen LogP contribution is 2.18. The zero-order chi connectivity index (χ0) is 12.2. The number of aromatic carboxylic acids is 1. The van der Waals surface area contributed by atoms with Crippen molar-refractivity contribution in [1.82, 2.24) is 4.72 Å². The zero-order valence-electron chi connectivity index (χ0n) is 8.76. The molecule has 0 aliphatic carbocycles. The lowest BCUT2D eigenvalue weighted by Gasteiger charge is -2.02. The summed E-state index contributed by atoms with van der Waals surface area (Å²) in [6.07, 6.45) is 1.65. The van der Waals surface area contributed by atoms with Crippen LogP contribution in [0.1, 0.15) is 29.4 Å². The molecule has 7 heteroatoms. The van der Waals surface area contributed by atoms with Crippen LogP contribution in [-0.2, 0) is 10.0 Å². The highest BCUT2D eigenvalue weighted by Gasteiger charge is 2.17. The van der Waals surface area contributed by atoms with Crippen LogP contribution in [0.15, 0.2) is 16.3 Å². The van der Waals surface area contributed by atoms with Gasteiger partial charge in [-0.05, 0) is 12.5 Å². The molecule has 0 aromatic carbocycles. The molecule has 0 unspecified atom stereocenters. The van der Waals surface area contributed by atoms with Crippen LogP contribution in [0.25, 0.3) is 0 Å². The Morgan fingerprint density at radius 2 is 2.25 bits per heavy atom. The van der Waals surface area contributed by atoms with Crippen molar-refractivity contribution in [3.63, 3.8) is 0 Å². The number of hydrogen-bond acceptors (Lipinski definition) is 4. The minimum Gasteiger partial charge on any atom is -0.477 e. The number of hydrogen-bond donors (Lipinski definition) is 2. The molecule has 0 radical (unpaired) electrons. The Bertz CT molecular complexity index is 464. The first-order valence-electron chi connectivity index (χ1n) is 4.79. The molecule has 1 heterocycles. The first-order valence-corrected chi connectivity index (χ1v) is 7.15. The van der Waals surface area contributed by atoms with Crippen molar-refractivity contribution in [3.05, 3.63) is 16.3 Å². The number of carboxylic acids is 1. The minimum atomic E-state index is -3.55. The summed E-state index contributed by atoms with van der Waals surface area (Å²) in [6.45, 7) is 2.33. The first-order chi connectivity index (χ1) is 7.47. The van der Waals surface area contributed by atoms with Crippen molar-refractivity contribution in [2.24, 2.45) is 0 Å². The molecule has 0 aliphatic rings. The van der Waals surface area contributed by atoms with E-state index in [0.29, 0.717) is 6.54 Å². The fourth-order valence-corrected chi connectivity index (χ4v) is 3.22. The Hall–Kier alpha value is -0.920. The van der Waals surface area contributed by atoms with E-state index in [1.54, 1.807) is 0 Å². The Labute approximate surface area is 98.2 Å². The Morgan fingerprint density at radius 1 is 1.56 bits per heavy atom. The summed E-state index contributed by atoms with van der Waals surface area (Å²) in [5.41, 5.74) is 0. The molecule has 0 saturated heterocycles. The maximum atomic E-state index is 11.6. The van der Waals surface area contributed by atoms with Gasteiger partial charge < -0.3 is 5.11 Å². The molecule has 0 aliphatic heterocycles. The third-order valence-corrected chi connectivity index (χ3v) is 4.43. The van der Waals surface area contributed by atoms with Gasteiger partial charge in [-0.15, -0.1) is 11.3 Å². The van der Waals surface area contributed by atoms with E-state index in [4.69, 9.17) is 5.11 Å². The lowest BCUT2D eigenvalue weighted by Crippen LogP contribution is -2.24. The summed E-state index contributed by atoms with van der Waals surface area (Å²) in [7, 11) is -3.55. The predicted octanol–water partition coefficient (Wildman–Crippen LogP) is 1.52. The third kappa shape index (κ3) is 3.29. The summed E-state index contributed by atoms with van der Waals surface area (Å²) in [5, 5.41) is 10.0. The van der Waals surface area contributed by atoms with Crippen LogP contribution < -0.4 is 4.72 Å². The standard InChI is InChI=1S/C9H13NO4S2/c1-2-3-4-10-16(13,14)7-5-8(9(11)12)15-6-7/h5-6,10H,2-4H2,1H3,(H,11,12). The summed E-state index contributed by atoms with van der Waals surface area (Å²) < 4.78 is 25.7. The predicted molar refractivity (Wildman–Crippen MR) is 61.4 cm³/mol. The monoisotopic (exact) mass is 263 g/mol. The number of carboxylic acid groups (broad SMARTS) is 1. The van der Waals surface area contributed by atoms with Gasteiger partial charge in [0, 0.05) is 11.9 Å². The molecule has 0 amide bonds. The smallest absolute Gasteiger partial charge is 0.345 e. The molecule has 1 aromatic rings. The lowest BCUT2D eigenvalue weighted by molar-refractivity contribution is 0.0702. The van der Waals surface area contributed by atoms with E-state index >= 15 is 0 Å². The van der Waals surface area contributed by atoms with E-state index in [9.17, 15) is 13.2 Å². The number of sulfonamides is 1. The lowest BCUT2D eigenvalue weighted by atomic mass is 10.3. The molecule has 0 saturated carbocycles. The Kier molecular flexibility index (Phi) is 4.45. The van der Waals surface area contributed by atoms with Gasteiger partial charge in [0.15, 0.2) is 0 Å². The van der Waals surface area contributed by atoms with Crippen LogP contribution in [0.5, 0.6) is 0 Å². The Balaban J connectivity index is 2.78. The molecular weight excluding hydrogens is 250 g/mol. The number of unbranched alkanes of at least 4 members (excludes halogenated alkanes) is 1. The first kappa shape index (κ1) is 13.1. The maximum Gasteiger partial charge on any atom is 0.345 e. The van der Waals surface area contributed by atoms with Crippen LogP contribution in [0, 0.1) is 0 Å². The van der Waals surface area contributed by atoms with Gasteiger partial charge in [0.25, 0.3) is 0 Å². The second-order valence-electron chi connectivity index (χ2n) is 3.20. The van der Waals surface area contributed by atoms with Gasteiger partial charge in [-0.3, -0.25) is 0 Å². The van der Waals surface area contributed by atoms with Gasteiger partial charge >= 0.3 is 5.97 Å². The van der Waals surface area contributed by atoms with E-state index in [0.717, 1.165) is 24.2 Å². The molecule has 1 rings (SSSR count). The summed E-state index contributed by atoms with van der Waals surface area (Å²) >= 11 is 0.905. The molecule has 5 nitrogen and oxygen atoms in total. The van der Waals surface area contributed by atoms with Crippen molar-refractivity contribution in [2.75, 3.05) is 6.54 Å². The highest BCUT2D eigenvalue weighted by atomic mass is 32.2. The number of nitrogens with one attached hydrogen (secondary N) is 1. The largest absolute Gasteiger partial charge is 0.477 e. The van der Waals surface area contributed by atoms with Gasteiger partial charge in [0.1, 0.15) is 4.88 Å². The SMILES string of the molecule is CCCCNS(=O)(=O)c1csc(C(=O)O)c1. The van der Waals surface area contributed by atoms with E-state index < -0.39 is 16.0 Å². The van der Waals surface area contributed by atoms with Gasteiger partial charge in [-0.1, -0.05) is 13.3 Å². The molecular formula is C9H13NO4S2. The molecule has 2 N–H and O–H groups in total. The van der Waals surface area contributed by atoms with Crippen LogP contribution >= 0.6 is 11.3 Å². The van der Waals surface area contributed by atoms with Crippen LogP contribution in [0.3, 0.4) is 0 Å². The van der Waals surface area contributed by atoms with Crippen molar-refractivity contribution in [3.8, 4) is 0 Å². The van der Waals surface area contributed by atoms with Gasteiger partial charge in [0.05, 0.1) is 4.90 Å². The van der Waals surface area contributed by atoms with Gasteiger partial charge in [0.2, 0.25) is 10.0 Å².